The van der Waals surface area contributed by atoms with E-state index in [0.717, 1.165) is 28.9 Å². The maximum absolute atomic E-state index is 13.2. The number of hydrogen-bond donors (Lipinski definition) is 0. The molecule has 142 valence electrons. The maximum atomic E-state index is 13.2. The number of rotatable bonds is 2. The Morgan fingerprint density at radius 1 is 0.964 bits per heavy atom. The third-order valence-corrected chi connectivity index (χ3v) is 5.81. The van der Waals surface area contributed by atoms with Gasteiger partial charge >= 0.3 is 0 Å². The SMILES string of the molecule is O=C1CCCC2=C1C(c1ccc3c(c1)OCO3)CC(=O)N2c1ccc(Cl)cc1. The molecule has 2 aromatic rings. The van der Waals surface area contributed by atoms with Crippen LogP contribution in [0.1, 0.15) is 37.2 Å². The molecule has 5 rings (SSSR count). The molecule has 28 heavy (non-hydrogen) atoms. The van der Waals surface area contributed by atoms with Crippen LogP contribution in [0.4, 0.5) is 5.69 Å². The summed E-state index contributed by atoms with van der Waals surface area (Å²) in [5, 5.41) is 0.611. The average molecular weight is 396 g/mol. The Kier molecular flexibility index (Phi) is 4.13. The number of amides is 1. The summed E-state index contributed by atoms with van der Waals surface area (Å²) >= 11 is 6.01. The lowest BCUT2D eigenvalue weighted by molar-refractivity contribution is -0.119. The largest absolute Gasteiger partial charge is 0.454 e. The summed E-state index contributed by atoms with van der Waals surface area (Å²) < 4.78 is 10.9. The minimum absolute atomic E-state index is 0.0153. The molecule has 2 aliphatic heterocycles. The summed E-state index contributed by atoms with van der Waals surface area (Å²) in [5.74, 6) is 1.20. The highest BCUT2D eigenvalue weighted by Crippen LogP contribution is 2.45. The molecule has 0 saturated heterocycles. The first kappa shape index (κ1) is 17.3. The number of fused-ring (bicyclic) bond motifs is 1. The summed E-state index contributed by atoms with van der Waals surface area (Å²) in [6.45, 7) is 0.194. The summed E-state index contributed by atoms with van der Waals surface area (Å²) in [6, 6.07) is 12.8. The number of nitrogens with zero attached hydrogens (tertiary/aromatic N) is 1. The van der Waals surface area contributed by atoms with E-state index in [9.17, 15) is 9.59 Å². The van der Waals surface area contributed by atoms with E-state index in [1.807, 2.05) is 30.3 Å². The van der Waals surface area contributed by atoms with Crippen LogP contribution in [0.2, 0.25) is 5.02 Å². The topological polar surface area (TPSA) is 55.8 Å². The highest BCUT2D eigenvalue weighted by Gasteiger charge is 2.40. The molecule has 5 nitrogen and oxygen atoms in total. The lowest BCUT2D eigenvalue weighted by Gasteiger charge is -2.38. The number of anilines is 1. The highest BCUT2D eigenvalue weighted by atomic mass is 35.5. The number of carbonyl (C=O) groups excluding carboxylic acids is 2. The zero-order chi connectivity index (χ0) is 19.3. The van der Waals surface area contributed by atoms with Gasteiger partial charge in [-0.2, -0.15) is 0 Å². The van der Waals surface area contributed by atoms with Crippen molar-refractivity contribution in [3.8, 4) is 11.5 Å². The molecule has 0 fully saturated rings. The average Bonchev–Trinajstić information content (AvgIpc) is 3.16. The third kappa shape index (κ3) is 2.78. The number of ketones is 1. The van der Waals surface area contributed by atoms with Crippen LogP contribution in [0.15, 0.2) is 53.7 Å². The molecular formula is C22H18ClNO4. The first-order valence-electron chi connectivity index (χ1n) is 9.36. The second-order valence-electron chi connectivity index (χ2n) is 7.21. The fourth-order valence-electron chi connectivity index (χ4n) is 4.30. The summed E-state index contributed by atoms with van der Waals surface area (Å²) in [6.07, 6.45) is 2.22. The standard InChI is InChI=1S/C22H18ClNO4/c23-14-5-7-15(8-6-14)24-17-2-1-3-18(25)22(17)16(11-21(24)26)13-4-9-19-20(10-13)28-12-27-19/h4-10,16H,1-3,11-12H2. The molecule has 6 heteroatoms. The Labute approximate surface area is 167 Å². The van der Waals surface area contributed by atoms with Gasteiger partial charge in [-0.15, -0.1) is 0 Å². The minimum atomic E-state index is -0.256. The van der Waals surface area contributed by atoms with Crippen molar-refractivity contribution in [2.45, 2.75) is 31.6 Å². The van der Waals surface area contributed by atoms with Crippen LogP contribution in [-0.2, 0) is 9.59 Å². The second kappa shape index (κ2) is 6.67. The van der Waals surface area contributed by atoms with E-state index in [-0.39, 0.29) is 30.8 Å². The molecule has 1 atom stereocenters. The number of benzene rings is 2. The Morgan fingerprint density at radius 3 is 2.57 bits per heavy atom. The van der Waals surface area contributed by atoms with Crippen LogP contribution in [-0.4, -0.2) is 18.5 Å². The Balaban J connectivity index is 1.62. The van der Waals surface area contributed by atoms with Crippen LogP contribution in [0.3, 0.4) is 0 Å². The molecule has 0 bridgehead atoms. The van der Waals surface area contributed by atoms with Crippen molar-refractivity contribution in [3.63, 3.8) is 0 Å². The van der Waals surface area contributed by atoms with Crippen molar-refractivity contribution < 1.29 is 19.1 Å². The van der Waals surface area contributed by atoms with Gasteiger partial charge in [0, 0.05) is 40.7 Å². The van der Waals surface area contributed by atoms with Crippen LogP contribution >= 0.6 is 11.6 Å². The molecule has 0 spiro atoms. The van der Waals surface area contributed by atoms with Gasteiger partial charge in [0.25, 0.3) is 0 Å². The number of carbonyl (C=O) groups is 2. The van der Waals surface area contributed by atoms with E-state index in [2.05, 4.69) is 0 Å². The fourth-order valence-corrected chi connectivity index (χ4v) is 4.42. The van der Waals surface area contributed by atoms with Gasteiger partial charge in [0.1, 0.15) is 0 Å². The molecule has 1 aliphatic carbocycles. The number of halogens is 1. The summed E-state index contributed by atoms with van der Waals surface area (Å²) in [5.41, 5.74) is 3.23. The predicted molar refractivity (Wildman–Crippen MR) is 105 cm³/mol. The van der Waals surface area contributed by atoms with Crippen LogP contribution in [0.5, 0.6) is 11.5 Å². The van der Waals surface area contributed by atoms with Crippen molar-refractivity contribution in [1.82, 2.24) is 0 Å². The molecule has 1 amide bonds. The normalized spacial score (nSPS) is 21.2. The number of Topliss-reactive ketones (excluding diaryl/α,β-unsaturated/α-hetero) is 1. The molecule has 0 N–H and O–H groups in total. The number of hydrogen-bond acceptors (Lipinski definition) is 4. The zero-order valence-corrected chi connectivity index (χ0v) is 15.9. The van der Waals surface area contributed by atoms with Gasteiger partial charge < -0.3 is 9.47 Å². The third-order valence-electron chi connectivity index (χ3n) is 5.56. The Morgan fingerprint density at radius 2 is 1.75 bits per heavy atom. The van der Waals surface area contributed by atoms with Crippen LogP contribution in [0, 0.1) is 0 Å². The van der Waals surface area contributed by atoms with Crippen molar-refractivity contribution >= 4 is 29.0 Å². The molecule has 1 unspecified atom stereocenters. The predicted octanol–water partition coefficient (Wildman–Crippen LogP) is 4.60. The second-order valence-corrected chi connectivity index (χ2v) is 7.65. The van der Waals surface area contributed by atoms with Gasteiger partial charge in [-0.25, -0.2) is 0 Å². The van der Waals surface area contributed by atoms with Gasteiger partial charge in [0.2, 0.25) is 12.7 Å². The number of allylic oxidation sites excluding steroid dienone is 2. The Bertz CT molecular complexity index is 1010. The van der Waals surface area contributed by atoms with Crippen molar-refractivity contribution in [2.75, 3.05) is 11.7 Å². The lowest BCUT2D eigenvalue weighted by atomic mass is 9.77. The summed E-state index contributed by atoms with van der Waals surface area (Å²) in [4.78, 5) is 27.8. The van der Waals surface area contributed by atoms with Crippen molar-refractivity contribution in [1.29, 1.82) is 0 Å². The van der Waals surface area contributed by atoms with Gasteiger partial charge in [-0.05, 0) is 54.8 Å². The monoisotopic (exact) mass is 395 g/mol. The first-order valence-corrected chi connectivity index (χ1v) is 9.74. The van der Waals surface area contributed by atoms with Crippen LogP contribution < -0.4 is 14.4 Å². The van der Waals surface area contributed by atoms with Gasteiger partial charge in [-0.1, -0.05) is 17.7 Å². The highest BCUT2D eigenvalue weighted by molar-refractivity contribution is 6.30. The molecule has 2 aromatic carbocycles. The van der Waals surface area contributed by atoms with Crippen molar-refractivity contribution in [2.24, 2.45) is 0 Å². The molecule has 0 saturated carbocycles. The maximum Gasteiger partial charge on any atom is 0.232 e. The molecule has 0 radical (unpaired) electrons. The van der Waals surface area contributed by atoms with E-state index in [0.29, 0.717) is 29.4 Å². The van der Waals surface area contributed by atoms with Gasteiger partial charge in [0.05, 0.1) is 0 Å². The molecule has 0 aromatic heterocycles. The van der Waals surface area contributed by atoms with E-state index in [1.165, 1.54) is 0 Å². The molecular weight excluding hydrogens is 378 g/mol. The van der Waals surface area contributed by atoms with Crippen molar-refractivity contribution in [3.05, 3.63) is 64.3 Å². The van der Waals surface area contributed by atoms with Gasteiger partial charge in [0.15, 0.2) is 17.3 Å². The quantitative estimate of drug-likeness (QED) is 0.745. The van der Waals surface area contributed by atoms with Gasteiger partial charge in [-0.3, -0.25) is 14.5 Å². The van der Waals surface area contributed by atoms with E-state index in [1.54, 1.807) is 17.0 Å². The minimum Gasteiger partial charge on any atom is -0.454 e. The Hall–Kier alpha value is -2.79. The number of ether oxygens (including phenoxy) is 2. The van der Waals surface area contributed by atoms with E-state index in [4.69, 9.17) is 21.1 Å². The smallest absolute Gasteiger partial charge is 0.232 e. The van der Waals surface area contributed by atoms with E-state index < -0.39 is 0 Å². The molecule has 2 heterocycles. The first-order chi connectivity index (χ1) is 13.6. The van der Waals surface area contributed by atoms with Crippen LogP contribution in [0.25, 0.3) is 0 Å². The van der Waals surface area contributed by atoms with E-state index >= 15 is 0 Å². The lowest BCUT2D eigenvalue weighted by Crippen LogP contribution is -2.40. The summed E-state index contributed by atoms with van der Waals surface area (Å²) in [7, 11) is 0. The molecule has 3 aliphatic rings. The zero-order valence-electron chi connectivity index (χ0n) is 15.1. The fraction of sp³-hybridized carbons (Fsp3) is 0.273.